The minimum atomic E-state index is -0.599. The number of aromatic nitrogens is 2. The zero-order chi connectivity index (χ0) is 27.7. The number of aromatic hydroxyl groups is 1. The minimum Gasteiger partial charge on any atom is -0.502 e. The molecule has 3 aromatic rings. The maximum atomic E-state index is 12.4. The van der Waals surface area contributed by atoms with Crippen LogP contribution >= 0.6 is 0 Å². The molecular weight excluding hydrogens is 508 g/mol. The molecule has 5 rings (SSSR count). The summed E-state index contributed by atoms with van der Waals surface area (Å²) in [6.45, 7) is 6.18. The van der Waals surface area contributed by atoms with E-state index in [0.717, 1.165) is 62.6 Å². The first-order chi connectivity index (χ1) is 19.5. The summed E-state index contributed by atoms with van der Waals surface area (Å²) in [5.74, 6) is 5.79. The van der Waals surface area contributed by atoms with Gasteiger partial charge in [0.2, 0.25) is 5.75 Å². The number of aromatic amines is 1. The van der Waals surface area contributed by atoms with Gasteiger partial charge in [-0.15, -0.1) is 0 Å². The summed E-state index contributed by atoms with van der Waals surface area (Å²) in [5, 5.41) is 13.4. The van der Waals surface area contributed by atoms with Gasteiger partial charge in [0.15, 0.2) is 0 Å². The van der Waals surface area contributed by atoms with Crippen molar-refractivity contribution in [2.24, 2.45) is 5.92 Å². The van der Waals surface area contributed by atoms with Gasteiger partial charge >= 0.3 is 5.97 Å². The summed E-state index contributed by atoms with van der Waals surface area (Å²) >= 11 is 0. The number of hydrogen-bond acceptors (Lipinski definition) is 8. The molecule has 1 aromatic heterocycles. The molecule has 0 amide bonds. The molecule has 0 radical (unpaired) electrons. The maximum absolute atomic E-state index is 12.4. The molecule has 40 heavy (non-hydrogen) atoms. The highest BCUT2D eigenvalue weighted by molar-refractivity contribution is 5.70. The Bertz CT molecular complexity index is 1400. The number of rotatable bonds is 9. The maximum Gasteiger partial charge on any atom is 0.306 e. The zero-order valence-electron chi connectivity index (χ0n) is 22.4. The van der Waals surface area contributed by atoms with Gasteiger partial charge in [-0.2, -0.15) is 0 Å². The average molecular weight is 543 g/mol. The Morgan fingerprint density at radius 3 is 2.40 bits per heavy atom. The monoisotopic (exact) mass is 542 g/mol. The van der Waals surface area contributed by atoms with E-state index in [1.807, 2.05) is 36.4 Å². The number of esters is 1. The van der Waals surface area contributed by atoms with Crippen molar-refractivity contribution in [3.63, 3.8) is 0 Å². The molecule has 9 nitrogen and oxygen atoms in total. The Morgan fingerprint density at radius 1 is 1.07 bits per heavy atom. The lowest BCUT2D eigenvalue weighted by molar-refractivity contribution is -0.145. The van der Waals surface area contributed by atoms with E-state index in [1.165, 1.54) is 11.9 Å². The van der Waals surface area contributed by atoms with Crippen LogP contribution in [0.2, 0.25) is 0 Å². The molecule has 0 saturated carbocycles. The SMILES string of the molecule is O=C(CC1CNC1)OC[C@@H](Cc1nc[nH]c(=O)c1O)c1ccc(C#Cc2ccc(CN3CCOCC3)cc2)cc1. The summed E-state index contributed by atoms with van der Waals surface area (Å²) in [6, 6.07) is 16.1. The quantitative estimate of drug-likeness (QED) is 0.278. The van der Waals surface area contributed by atoms with Gasteiger partial charge in [-0.25, -0.2) is 4.98 Å². The second-order valence-electron chi connectivity index (χ2n) is 10.3. The predicted molar refractivity (Wildman–Crippen MR) is 150 cm³/mol. The second kappa shape index (κ2) is 13.4. The smallest absolute Gasteiger partial charge is 0.306 e. The van der Waals surface area contributed by atoms with Crippen LogP contribution in [-0.2, 0) is 27.2 Å². The van der Waals surface area contributed by atoms with Gasteiger partial charge < -0.3 is 24.9 Å². The molecule has 3 N–H and O–H groups in total. The molecule has 0 unspecified atom stereocenters. The first kappa shape index (κ1) is 27.6. The van der Waals surface area contributed by atoms with E-state index in [4.69, 9.17) is 9.47 Å². The Kier molecular flexibility index (Phi) is 9.24. The Morgan fingerprint density at radius 2 is 1.75 bits per heavy atom. The molecule has 0 bridgehead atoms. The molecule has 0 aliphatic carbocycles. The van der Waals surface area contributed by atoms with Crippen molar-refractivity contribution in [2.45, 2.75) is 25.3 Å². The predicted octanol–water partition coefficient (Wildman–Crippen LogP) is 2.19. The number of carbonyl (C=O) groups excluding carboxylic acids is 1. The number of H-pyrrole nitrogens is 1. The molecule has 1 atom stereocenters. The molecule has 2 aromatic carbocycles. The molecular formula is C31H34N4O5. The highest BCUT2D eigenvalue weighted by Crippen LogP contribution is 2.24. The normalized spacial score (nSPS) is 16.4. The van der Waals surface area contributed by atoms with Crippen LogP contribution in [0.4, 0.5) is 0 Å². The zero-order valence-corrected chi connectivity index (χ0v) is 22.4. The summed E-state index contributed by atoms with van der Waals surface area (Å²) < 4.78 is 11.0. The third kappa shape index (κ3) is 7.57. The molecule has 208 valence electrons. The number of hydrogen-bond donors (Lipinski definition) is 3. The Labute approximate surface area is 233 Å². The highest BCUT2D eigenvalue weighted by Gasteiger charge is 2.23. The summed E-state index contributed by atoms with van der Waals surface area (Å²) in [7, 11) is 0. The Hall–Kier alpha value is -3.97. The lowest BCUT2D eigenvalue weighted by Gasteiger charge is -2.26. The molecule has 0 spiro atoms. The summed E-state index contributed by atoms with van der Waals surface area (Å²) in [5.41, 5.74) is 3.61. The van der Waals surface area contributed by atoms with E-state index in [0.29, 0.717) is 12.3 Å². The summed E-state index contributed by atoms with van der Waals surface area (Å²) in [4.78, 5) is 33.1. The van der Waals surface area contributed by atoms with Crippen LogP contribution in [0.15, 0.2) is 59.7 Å². The number of morpholine rings is 1. The van der Waals surface area contributed by atoms with Crippen molar-refractivity contribution >= 4 is 5.97 Å². The van der Waals surface area contributed by atoms with Crippen LogP contribution < -0.4 is 10.9 Å². The van der Waals surface area contributed by atoms with Gasteiger partial charge in [0.05, 0.1) is 38.3 Å². The standard InChI is InChI=1S/C31H34N4O5/c36-29(15-25-17-32-18-25)40-20-27(16-28-30(37)31(38)34-21-33-28)26-9-7-23(8-10-26)2-1-22-3-5-24(6-4-22)19-35-11-13-39-14-12-35/h3-10,21,25,27,32,37H,11-20H2,(H,33,34,38)/t27-/m1/s1. The largest absolute Gasteiger partial charge is 0.502 e. The Balaban J connectivity index is 1.24. The number of benzene rings is 2. The van der Waals surface area contributed by atoms with Crippen LogP contribution in [0, 0.1) is 17.8 Å². The van der Waals surface area contributed by atoms with Gasteiger partial charge in [-0.05, 0) is 54.4 Å². The van der Waals surface area contributed by atoms with E-state index in [1.54, 1.807) is 0 Å². The van der Waals surface area contributed by atoms with Crippen LogP contribution in [0.5, 0.6) is 5.75 Å². The number of nitrogens with zero attached hydrogens (tertiary/aromatic N) is 2. The fraction of sp³-hybridized carbons (Fsp3) is 0.387. The lowest BCUT2D eigenvalue weighted by Crippen LogP contribution is -2.43. The summed E-state index contributed by atoms with van der Waals surface area (Å²) in [6.07, 6.45) is 1.88. The van der Waals surface area contributed by atoms with E-state index in [-0.39, 0.29) is 30.6 Å². The lowest BCUT2D eigenvalue weighted by atomic mass is 9.93. The first-order valence-electron chi connectivity index (χ1n) is 13.7. The van der Waals surface area contributed by atoms with Crippen molar-refractivity contribution in [1.82, 2.24) is 20.2 Å². The van der Waals surface area contributed by atoms with Gasteiger partial charge in [-0.1, -0.05) is 36.1 Å². The van der Waals surface area contributed by atoms with E-state index < -0.39 is 11.3 Å². The van der Waals surface area contributed by atoms with Crippen molar-refractivity contribution < 1.29 is 19.4 Å². The third-order valence-electron chi connectivity index (χ3n) is 7.31. The molecule has 3 heterocycles. The molecule has 9 heteroatoms. The number of ether oxygens (including phenoxy) is 2. The highest BCUT2D eigenvalue weighted by atomic mass is 16.5. The van der Waals surface area contributed by atoms with Crippen molar-refractivity contribution in [1.29, 1.82) is 0 Å². The number of nitrogens with one attached hydrogen (secondary N) is 2. The fourth-order valence-corrected chi connectivity index (χ4v) is 4.76. The van der Waals surface area contributed by atoms with Crippen LogP contribution in [-0.4, -0.2) is 71.9 Å². The molecule has 2 fully saturated rings. The van der Waals surface area contributed by atoms with E-state index in [2.05, 4.69) is 44.2 Å². The topological polar surface area (TPSA) is 117 Å². The van der Waals surface area contributed by atoms with Crippen LogP contribution in [0.3, 0.4) is 0 Å². The minimum absolute atomic E-state index is 0.120. The third-order valence-corrected chi connectivity index (χ3v) is 7.31. The van der Waals surface area contributed by atoms with Gasteiger partial charge in [0, 0.05) is 43.1 Å². The van der Waals surface area contributed by atoms with Gasteiger partial charge in [-0.3, -0.25) is 14.5 Å². The average Bonchev–Trinajstić information content (AvgIpc) is 2.96. The van der Waals surface area contributed by atoms with Crippen molar-refractivity contribution in [3.05, 3.63) is 93.2 Å². The first-order valence-corrected chi connectivity index (χ1v) is 13.7. The fourth-order valence-electron chi connectivity index (χ4n) is 4.76. The van der Waals surface area contributed by atoms with Crippen LogP contribution in [0.25, 0.3) is 0 Å². The van der Waals surface area contributed by atoms with Gasteiger partial charge in [0.25, 0.3) is 5.56 Å². The van der Waals surface area contributed by atoms with Crippen molar-refractivity contribution in [2.75, 3.05) is 46.0 Å². The molecule has 2 aliphatic rings. The second-order valence-corrected chi connectivity index (χ2v) is 10.3. The van der Waals surface area contributed by atoms with Crippen molar-refractivity contribution in [3.8, 4) is 17.6 Å². The molecule has 2 saturated heterocycles. The molecule has 2 aliphatic heterocycles. The van der Waals surface area contributed by atoms with Crippen LogP contribution in [0.1, 0.15) is 40.3 Å². The van der Waals surface area contributed by atoms with Gasteiger partial charge in [0.1, 0.15) is 0 Å². The van der Waals surface area contributed by atoms with E-state index >= 15 is 0 Å². The van der Waals surface area contributed by atoms with E-state index in [9.17, 15) is 14.7 Å². The number of carbonyl (C=O) groups is 1.